The number of carbonyl (C=O) groups is 1. The predicted octanol–water partition coefficient (Wildman–Crippen LogP) is 1.30. The quantitative estimate of drug-likeness (QED) is 0.684. The number of ether oxygens (including phenoxy) is 2. The number of hydrogen-bond acceptors (Lipinski definition) is 4. The topological polar surface area (TPSA) is 38.8 Å². The van der Waals surface area contributed by atoms with E-state index in [0.717, 1.165) is 32.8 Å². The van der Waals surface area contributed by atoms with Crippen LogP contribution in [0.25, 0.3) is 0 Å². The molecule has 4 heteroatoms. The van der Waals surface area contributed by atoms with Crippen molar-refractivity contribution in [2.45, 2.75) is 33.8 Å². The van der Waals surface area contributed by atoms with Gasteiger partial charge in [-0.2, -0.15) is 0 Å². The minimum Gasteiger partial charge on any atom is -0.461 e. The van der Waals surface area contributed by atoms with Crippen molar-refractivity contribution in [3.63, 3.8) is 0 Å². The fourth-order valence-electron chi connectivity index (χ4n) is 1.54. The van der Waals surface area contributed by atoms with E-state index in [9.17, 15) is 4.79 Å². The van der Waals surface area contributed by atoms with Gasteiger partial charge in [0.25, 0.3) is 0 Å². The van der Waals surface area contributed by atoms with Gasteiger partial charge in [0.15, 0.2) is 0 Å². The Morgan fingerprint density at radius 3 is 2.44 bits per heavy atom. The van der Waals surface area contributed by atoms with Crippen LogP contribution in [0.15, 0.2) is 0 Å². The summed E-state index contributed by atoms with van der Waals surface area (Å²) < 4.78 is 10.7. The Morgan fingerprint density at radius 1 is 1.38 bits per heavy atom. The number of esters is 1. The van der Waals surface area contributed by atoms with Crippen molar-refractivity contribution >= 4 is 5.97 Å². The van der Waals surface area contributed by atoms with Crippen LogP contribution < -0.4 is 0 Å². The highest BCUT2D eigenvalue weighted by molar-refractivity contribution is 5.75. The van der Waals surface area contributed by atoms with Crippen LogP contribution >= 0.6 is 0 Å². The molecule has 0 aromatic carbocycles. The summed E-state index contributed by atoms with van der Waals surface area (Å²) in [6, 6.07) is 0. The smallest absolute Gasteiger partial charge is 0.311 e. The first-order chi connectivity index (χ1) is 7.39. The summed E-state index contributed by atoms with van der Waals surface area (Å²) in [4.78, 5) is 13.9. The molecule has 0 aromatic heterocycles. The van der Waals surface area contributed by atoms with Crippen LogP contribution in [0.2, 0.25) is 0 Å². The molecule has 0 bridgehead atoms. The van der Waals surface area contributed by atoms with Crippen molar-refractivity contribution in [3.8, 4) is 0 Å². The van der Waals surface area contributed by atoms with Gasteiger partial charge in [0.2, 0.25) is 0 Å². The second kappa shape index (κ2) is 5.64. The summed E-state index contributed by atoms with van der Waals surface area (Å²) >= 11 is 0. The van der Waals surface area contributed by atoms with Gasteiger partial charge >= 0.3 is 5.97 Å². The first-order valence-corrected chi connectivity index (χ1v) is 5.91. The molecule has 0 amide bonds. The van der Waals surface area contributed by atoms with Crippen molar-refractivity contribution < 1.29 is 14.3 Å². The van der Waals surface area contributed by atoms with Crippen LogP contribution in [0, 0.1) is 5.41 Å². The van der Waals surface area contributed by atoms with Gasteiger partial charge in [-0.3, -0.25) is 9.69 Å². The lowest BCUT2D eigenvalue weighted by Crippen LogP contribution is -2.42. The van der Waals surface area contributed by atoms with E-state index >= 15 is 0 Å². The van der Waals surface area contributed by atoms with Crippen LogP contribution in [0.1, 0.15) is 27.7 Å². The molecule has 0 aliphatic carbocycles. The molecule has 0 spiro atoms. The zero-order valence-corrected chi connectivity index (χ0v) is 10.8. The molecule has 0 aromatic rings. The average molecular weight is 229 g/mol. The van der Waals surface area contributed by atoms with Crippen LogP contribution in [0.3, 0.4) is 0 Å². The van der Waals surface area contributed by atoms with Crippen molar-refractivity contribution in [3.05, 3.63) is 0 Å². The molecule has 1 heterocycles. The highest BCUT2D eigenvalue weighted by Crippen LogP contribution is 2.16. The van der Waals surface area contributed by atoms with E-state index in [2.05, 4.69) is 4.90 Å². The Bertz CT molecular complexity index is 229. The van der Waals surface area contributed by atoms with Gasteiger partial charge in [-0.15, -0.1) is 0 Å². The van der Waals surface area contributed by atoms with Gasteiger partial charge in [0, 0.05) is 19.6 Å². The molecule has 0 radical (unpaired) electrons. The number of rotatable bonds is 3. The molecule has 4 nitrogen and oxygen atoms in total. The SMILES string of the molecule is CC(CN1CCOCC1)OC(=O)C(C)(C)C. The van der Waals surface area contributed by atoms with Gasteiger partial charge in [-0.25, -0.2) is 0 Å². The van der Waals surface area contributed by atoms with Gasteiger partial charge in [-0.05, 0) is 27.7 Å². The summed E-state index contributed by atoms with van der Waals surface area (Å²) in [5.41, 5.74) is -0.417. The third-order valence-corrected chi connectivity index (χ3v) is 2.54. The summed E-state index contributed by atoms with van der Waals surface area (Å²) in [7, 11) is 0. The van der Waals surface area contributed by atoms with E-state index in [1.54, 1.807) is 0 Å². The van der Waals surface area contributed by atoms with Gasteiger partial charge in [0.1, 0.15) is 6.10 Å². The summed E-state index contributed by atoms with van der Waals surface area (Å²) in [5.74, 6) is -0.131. The minimum absolute atomic E-state index is 0.0511. The molecular weight excluding hydrogens is 206 g/mol. The standard InChI is InChI=1S/C12H23NO3/c1-10(16-11(14)12(2,3)4)9-13-5-7-15-8-6-13/h10H,5-9H2,1-4H3. The third kappa shape index (κ3) is 4.49. The molecule has 0 saturated carbocycles. The van der Waals surface area contributed by atoms with Crippen LogP contribution in [0.4, 0.5) is 0 Å². The molecule has 16 heavy (non-hydrogen) atoms. The number of morpholine rings is 1. The maximum atomic E-state index is 11.7. The number of carbonyl (C=O) groups excluding carboxylic acids is 1. The Kier molecular flexibility index (Phi) is 4.74. The maximum absolute atomic E-state index is 11.7. The third-order valence-electron chi connectivity index (χ3n) is 2.54. The van der Waals surface area contributed by atoms with Gasteiger partial charge in [-0.1, -0.05) is 0 Å². The summed E-state index contributed by atoms with van der Waals surface area (Å²) in [6.45, 7) is 11.8. The van der Waals surface area contributed by atoms with Crippen molar-refractivity contribution in [2.75, 3.05) is 32.8 Å². The maximum Gasteiger partial charge on any atom is 0.311 e. The van der Waals surface area contributed by atoms with Crippen molar-refractivity contribution in [1.29, 1.82) is 0 Å². The zero-order valence-electron chi connectivity index (χ0n) is 10.8. The van der Waals surface area contributed by atoms with E-state index in [0.29, 0.717) is 0 Å². The molecular formula is C12H23NO3. The van der Waals surface area contributed by atoms with Crippen LogP contribution in [0.5, 0.6) is 0 Å². The lowest BCUT2D eigenvalue weighted by Gasteiger charge is -2.30. The van der Waals surface area contributed by atoms with E-state index < -0.39 is 5.41 Å². The Hall–Kier alpha value is -0.610. The Balaban J connectivity index is 2.29. The zero-order chi connectivity index (χ0) is 12.2. The first kappa shape index (κ1) is 13.5. The van der Waals surface area contributed by atoms with Gasteiger partial charge in [0.05, 0.1) is 18.6 Å². The minimum atomic E-state index is -0.417. The fraction of sp³-hybridized carbons (Fsp3) is 0.917. The average Bonchev–Trinajstić information content (AvgIpc) is 2.17. The highest BCUT2D eigenvalue weighted by Gasteiger charge is 2.25. The number of nitrogens with zero attached hydrogens (tertiary/aromatic N) is 1. The second-order valence-corrected chi connectivity index (χ2v) is 5.38. The lowest BCUT2D eigenvalue weighted by atomic mass is 9.97. The Labute approximate surface area is 97.9 Å². The lowest BCUT2D eigenvalue weighted by molar-refractivity contribution is -0.159. The van der Waals surface area contributed by atoms with E-state index in [1.807, 2.05) is 27.7 Å². The highest BCUT2D eigenvalue weighted by atomic mass is 16.5. The second-order valence-electron chi connectivity index (χ2n) is 5.38. The van der Waals surface area contributed by atoms with E-state index in [4.69, 9.17) is 9.47 Å². The van der Waals surface area contributed by atoms with Crippen LogP contribution in [-0.4, -0.2) is 49.8 Å². The van der Waals surface area contributed by atoms with E-state index in [-0.39, 0.29) is 12.1 Å². The molecule has 1 unspecified atom stereocenters. The Morgan fingerprint density at radius 2 is 1.94 bits per heavy atom. The molecule has 1 saturated heterocycles. The molecule has 0 N–H and O–H groups in total. The van der Waals surface area contributed by atoms with Crippen LogP contribution in [-0.2, 0) is 14.3 Å². The fourth-order valence-corrected chi connectivity index (χ4v) is 1.54. The molecule has 1 aliphatic heterocycles. The van der Waals surface area contributed by atoms with Crippen molar-refractivity contribution in [1.82, 2.24) is 4.90 Å². The summed E-state index contributed by atoms with van der Waals surface area (Å²) in [5, 5.41) is 0. The predicted molar refractivity (Wildman–Crippen MR) is 62.3 cm³/mol. The van der Waals surface area contributed by atoms with E-state index in [1.165, 1.54) is 0 Å². The molecule has 94 valence electrons. The number of hydrogen-bond donors (Lipinski definition) is 0. The monoisotopic (exact) mass is 229 g/mol. The van der Waals surface area contributed by atoms with Crippen molar-refractivity contribution in [2.24, 2.45) is 5.41 Å². The molecule has 1 aliphatic rings. The van der Waals surface area contributed by atoms with Gasteiger partial charge < -0.3 is 9.47 Å². The molecule has 1 fully saturated rings. The first-order valence-electron chi connectivity index (χ1n) is 5.91. The molecule has 1 atom stereocenters. The molecule has 1 rings (SSSR count). The normalized spacial score (nSPS) is 20.5. The largest absolute Gasteiger partial charge is 0.461 e. The summed E-state index contributed by atoms with van der Waals surface area (Å²) in [6.07, 6.45) is -0.0511.